The van der Waals surface area contributed by atoms with Gasteiger partial charge in [0.25, 0.3) is 0 Å². The van der Waals surface area contributed by atoms with Crippen LogP contribution < -0.4 is 0 Å². The van der Waals surface area contributed by atoms with E-state index in [-0.39, 0.29) is 0 Å². The van der Waals surface area contributed by atoms with Crippen LogP contribution >= 0.6 is 0 Å². The first kappa shape index (κ1) is 13.3. The van der Waals surface area contributed by atoms with Crippen LogP contribution in [0.1, 0.15) is 64.2 Å². The van der Waals surface area contributed by atoms with Crippen LogP contribution in [-0.2, 0) is 0 Å². The Morgan fingerprint density at radius 1 is 0.688 bits per heavy atom. The van der Waals surface area contributed by atoms with Gasteiger partial charge in [0.1, 0.15) is 0 Å². The van der Waals surface area contributed by atoms with Gasteiger partial charge >= 0.3 is 6.16 Å². The molecule has 2 aliphatic rings. The fourth-order valence-corrected chi connectivity index (χ4v) is 3.21. The maximum Gasteiger partial charge on any atom is 0.503 e. The van der Waals surface area contributed by atoms with Crippen molar-refractivity contribution >= 4 is 6.16 Å². The topological polar surface area (TPSA) is 57.5 Å². The molecule has 0 radical (unpaired) electrons. The lowest BCUT2D eigenvalue weighted by atomic mass is 9.73. The summed E-state index contributed by atoms with van der Waals surface area (Å²) in [5, 5.41) is 13.9. The standard InChI is InChI=1S/C12H22.CH2O3/c1-3-7-11(8-4-1)12-9-5-2-6-10-12;2-1(3)4/h11-12H,1-10H2;(H2,2,3,4). The molecular weight excluding hydrogens is 204 g/mol. The summed E-state index contributed by atoms with van der Waals surface area (Å²) in [7, 11) is 0. The first-order valence-electron chi connectivity index (χ1n) is 6.62. The molecule has 0 aromatic carbocycles. The molecule has 0 bridgehead atoms. The average Bonchev–Trinajstić information content (AvgIpc) is 2.31. The highest BCUT2D eigenvalue weighted by atomic mass is 16.6. The number of rotatable bonds is 1. The molecule has 0 aromatic rings. The highest BCUT2D eigenvalue weighted by Gasteiger charge is 2.24. The Morgan fingerprint density at radius 3 is 1.19 bits per heavy atom. The van der Waals surface area contributed by atoms with Crippen LogP contribution in [0, 0.1) is 11.8 Å². The van der Waals surface area contributed by atoms with Crippen LogP contribution in [0.4, 0.5) is 4.79 Å². The molecule has 3 nitrogen and oxygen atoms in total. The largest absolute Gasteiger partial charge is 0.503 e. The molecular formula is C13H24O3. The molecule has 0 atom stereocenters. The van der Waals surface area contributed by atoms with E-state index in [1.807, 2.05) is 0 Å². The van der Waals surface area contributed by atoms with Gasteiger partial charge in [-0.25, -0.2) is 4.79 Å². The molecule has 2 saturated carbocycles. The predicted molar refractivity (Wildman–Crippen MR) is 63.8 cm³/mol. The van der Waals surface area contributed by atoms with E-state index in [1.54, 1.807) is 25.7 Å². The van der Waals surface area contributed by atoms with Gasteiger partial charge in [0, 0.05) is 0 Å². The van der Waals surface area contributed by atoms with Crippen molar-refractivity contribution in [2.75, 3.05) is 0 Å². The quantitative estimate of drug-likeness (QED) is 0.700. The average molecular weight is 228 g/mol. The highest BCUT2D eigenvalue weighted by molar-refractivity contribution is 5.53. The lowest BCUT2D eigenvalue weighted by molar-refractivity contribution is 0.137. The summed E-state index contributed by atoms with van der Waals surface area (Å²) >= 11 is 0. The van der Waals surface area contributed by atoms with E-state index in [1.165, 1.54) is 38.5 Å². The van der Waals surface area contributed by atoms with E-state index in [9.17, 15) is 0 Å². The summed E-state index contributed by atoms with van der Waals surface area (Å²) in [6, 6.07) is 0. The monoisotopic (exact) mass is 228 g/mol. The molecule has 0 saturated heterocycles. The summed E-state index contributed by atoms with van der Waals surface area (Å²) in [5.41, 5.74) is 0. The van der Waals surface area contributed by atoms with Gasteiger partial charge in [-0.1, -0.05) is 64.2 Å². The van der Waals surface area contributed by atoms with Gasteiger partial charge in [0.05, 0.1) is 0 Å². The lowest BCUT2D eigenvalue weighted by Gasteiger charge is -2.32. The van der Waals surface area contributed by atoms with Gasteiger partial charge in [-0.2, -0.15) is 0 Å². The molecule has 0 spiro atoms. The van der Waals surface area contributed by atoms with E-state index in [2.05, 4.69) is 0 Å². The first-order valence-corrected chi connectivity index (χ1v) is 6.62. The zero-order valence-electron chi connectivity index (χ0n) is 10.0. The van der Waals surface area contributed by atoms with Gasteiger partial charge in [0.15, 0.2) is 0 Å². The van der Waals surface area contributed by atoms with Gasteiger partial charge in [-0.15, -0.1) is 0 Å². The molecule has 2 N–H and O–H groups in total. The second kappa shape index (κ2) is 7.53. The van der Waals surface area contributed by atoms with E-state index in [0.29, 0.717) is 0 Å². The minimum atomic E-state index is -1.83. The summed E-state index contributed by atoms with van der Waals surface area (Å²) in [4.78, 5) is 8.56. The van der Waals surface area contributed by atoms with E-state index in [0.717, 1.165) is 11.8 Å². The van der Waals surface area contributed by atoms with E-state index < -0.39 is 6.16 Å². The van der Waals surface area contributed by atoms with Crippen molar-refractivity contribution in [2.45, 2.75) is 64.2 Å². The number of hydrogen-bond acceptors (Lipinski definition) is 1. The molecule has 0 aromatic heterocycles. The molecule has 94 valence electrons. The smallest absolute Gasteiger partial charge is 0.450 e. The molecule has 2 aliphatic carbocycles. The number of carbonyl (C=O) groups is 1. The van der Waals surface area contributed by atoms with Crippen molar-refractivity contribution in [3.63, 3.8) is 0 Å². The minimum Gasteiger partial charge on any atom is -0.450 e. The van der Waals surface area contributed by atoms with E-state index >= 15 is 0 Å². The van der Waals surface area contributed by atoms with Gasteiger partial charge in [0.2, 0.25) is 0 Å². The Bertz CT molecular complexity index is 171. The maximum atomic E-state index is 8.56. The third kappa shape index (κ3) is 5.38. The minimum absolute atomic E-state index is 1.14. The molecule has 16 heavy (non-hydrogen) atoms. The summed E-state index contributed by atoms with van der Waals surface area (Å²) in [6.45, 7) is 0. The van der Waals surface area contributed by atoms with Gasteiger partial charge < -0.3 is 10.2 Å². The highest BCUT2D eigenvalue weighted by Crippen LogP contribution is 2.37. The Labute approximate surface area is 97.9 Å². The van der Waals surface area contributed by atoms with Crippen LogP contribution in [0.25, 0.3) is 0 Å². The van der Waals surface area contributed by atoms with Crippen molar-refractivity contribution in [3.8, 4) is 0 Å². The van der Waals surface area contributed by atoms with Crippen LogP contribution in [0.5, 0.6) is 0 Å². The fourth-order valence-electron chi connectivity index (χ4n) is 3.21. The Balaban J connectivity index is 0.000000280. The van der Waals surface area contributed by atoms with Crippen LogP contribution in [-0.4, -0.2) is 16.4 Å². The van der Waals surface area contributed by atoms with Crippen molar-refractivity contribution in [3.05, 3.63) is 0 Å². The summed E-state index contributed by atoms with van der Waals surface area (Å²) in [6.07, 6.45) is 13.6. The Morgan fingerprint density at radius 2 is 0.938 bits per heavy atom. The molecule has 3 heteroatoms. The van der Waals surface area contributed by atoms with Gasteiger partial charge in [-0.05, 0) is 11.8 Å². The zero-order valence-corrected chi connectivity index (χ0v) is 10.0. The van der Waals surface area contributed by atoms with Crippen molar-refractivity contribution in [2.24, 2.45) is 11.8 Å². The van der Waals surface area contributed by atoms with Crippen LogP contribution in [0.3, 0.4) is 0 Å². The van der Waals surface area contributed by atoms with E-state index in [4.69, 9.17) is 15.0 Å². The van der Waals surface area contributed by atoms with Crippen molar-refractivity contribution < 1.29 is 15.0 Å². The summed E-state index contributed by atoms with van der Waals surface area (Å²) in [5.74, 6) is 2.28. The second-order valence-electron chi connectivity index (χ2n) is 5.08. The maximum absolute atomic E-state index is 8.56. The Hall–Kier alpha value is -0.730. The zero-order chi connectivity index (χ0) is 11.8. The van der Waals surface area contributed by atoms with Gasteiger partial charge in [-0.3, -0.25) is 0 Å². The molecule has 2 fully saturated rings. The molecule has 0 heterocycles. The summed E-state index contributed by atoms with van der Waals surface area (Å²) < 4.78 is 0. The molecule has 0 unspecified atom stereocenters. The van der Waals surface area contributed by atoms with Crippen LogP contribution in [0.15, 0.2) is 0 Å². The number of hydrogen-bond donors (Lipinski definition) is 2. The first-order chi connectivity index (χ1) is 7.70. The third-order valence-electron chi connectivity index (χ3n) is 3.97. The lowest BCUT2D eigenvalue weighted by Crippen LogP contribution is -2.20. The van der Waals surface area contributed by atoms with Crippen molar-refractivity contribution in [1.82, 2.24) is 0 Å². The van der Waals surface area contributed by atoms with Crippen LogP contribution in [0.2, 0.25) is 0 Å². The fraction of sp³-hybridized carbons (Fsp3) is 0.923. The number of carboxylic acid groups (broad SMARTS) is 2. The third-order valence-corrected chi connectivity index (χ3v) is 3.97. The Kier molecular flexibility index (Phi) is 6.27. The van der Waals surface area contributed by atoms with Crippen molar-refractivity contribution in [1.29, 1.82) is 0 Å². The SMILES string of the molecule is C1CCC(C2CCCCC2)CC1.O=C(O)O. The predicted octanol–water partition coefficient (Wildman–Crippen LogP) is 4.37. The molecule has 2 rings (SSSR count). The molecule has 0 amide bonds. The second-order valence-corrected chi connectivity index (χ2v) is 5.08. The normalized spacial score (nSPS) is 23.2. The molecule has 0 aliphatic heterocycles.